The number of aromatic hydroxyl groups is 1. The number of allylic oxidation sites excluding steroid dienone is 1. The van der Waals surface area contributed by atoms with Crippen molar-refractivity contribution in [2.75, 3.05) is 0 Å². The Balaban J connectivity index is 2.52. The summed E-state index contributed by atoms with van der Waals surface area (Å²) in [6.45, 7) is 19.0. The van der Waals surface area contributed by atoms with E-state index in [1.165, 1.54) is 0 Å². The summed E-state index contributed by atoms with van der Waals surface area (Å²) in [5, 5.41) is 12.8. The number of phenolic OH excluding ortho intramolecular Hbond substituents is 1. The van der Waals surface area contributed by atoms with Gasteiger partial charge in [0.25, 0.3) is 0 Å². The van der Waals surface area contributed by atoms with Crippen molar-refractivity contribution in [3.63, 3.8) is 0 Å². The van der Waals surface area contributed by atoms with Crippen LogP contribution in [0.3, 0.4) is 0 Å². The fourth-order valence-electron chi connectivity index (χ4n) is 3.80. The predicted molar refractivity (Wildman–Crippen MR) is 115 cm³/mol. The molecule has 144 valence electrons. The Kier molecular flexibility index (Phi) is 4.15. The van der Waals surface area contributed by atoms with Crippen LogP contribution in [0, 0.1) is 5.41 Å². The van der Waals surface area contributed by atoms with E-state index in [-0.39, 0.29) is 22.0 Å². The average Bonchev–Trinajstić information content (AvgIpc) is 2.49. The fourth-order valence-corrected chi connectivity index (χ4v) is 3.80. The second-order valence-corrected chi connectivity index (χ2v) is 10.9. The van der Waals surface area contributed by atoms with Gasteiger partial charge >= 0.3 is 0 Å². The molecule has 0 radical (unpaired) electrons. The van der Waals surface area contributed by atoms with Crippen molar-refractivity contribution in [2.45, 2.75) is 73.1 Å². The molecule has 0 amide bonds. The van der Waals surface area contributed by atoms with E-state index in [9.17, 15) is 9.90 Å². The molecule has 0 saturated heterocycles. The fraction of sp³-hybridized carbons (Fsp3) is 0.480. The van der Waals surface area contributed by atoms with Gasteiger partial charge in [-0.15, -0.1) is 0 Å². The number of Topliss-reactive ketones (excluding diaryl/α,β-unsaturated/α-hetero) is 1. The second kappa shape index (κ2) is 5.70. The summed E-state index contributed by atoms with van der Waals surface area (Å²) < 4.78 is 0. The molecule has 0 aromatic heterocycles. The zero-order valence-corrected chi connectivity index (χ0v) is 18.2. The largest absolute Gasteiger partial charge is 0.507 e. The summed E-state index contributed by atoms with van der Waals surface area (Å²) in [5.41, 5.74) is 4.03. The second-order valence-electron chi connectivity index (χ2n) is 10.9. The van der Waals surface area contributed by atoms with Crippen molar-refractivity contribution in [1.29, 1.82) is 0 Å². The predicted octanol–water partition coefficient (Wildman–Crippen LogP) is 6.77. The lowest BCUT2D eigenvalue weighted by Gasteiger charge is -2.30. The summed E-state index contributed by atoms with van der Waals surface area (Å²) in [6.07, 6.45) is 2.03. The lowest BCUT2D eigenvalue weighted by Crippen LogP contribution is -2.22. The van der Waals surface area contributed by atoms with Crippen LogP contribution in [0.15, 0.2) is 23.8 Å². The number of carbonyl (C=O) groups is 1. The van der Waals surface area contributed by atoms with Crippen LogP contribution >= 0.6 is 0 Å². The minimum Gasteiger partial charge on any atom is -0.507 e. The van der Waals surface area contributed by atoms with E-state index in [1.807, 2.05) is 12.1 Å². The van der Waals surface area contributed by atoms with E-state index >= 15 is 0 Å². The topological polar surface area (TPSA) is 37.3 Å². The molecule has 0 heterocycles. The van der Waals surface area contributed by atoms with Gasteiger partial charge in [0.05, 0.1) is 0 Å². The maximum atomic E-state index is 13.4. The van der Waals surface area contributed by atoms with Gasteiger partial charge in [0, 0.05) is 27.5 Å². The van der Waals surface area contributed by atoms with Crippen LogP contribution < -0.4 is 0 Å². The van der Waals surface area contributed by atoms with Crippen molar-refractivity contribution >= 4 is 22.6 Å². The average molecular weight is 365 g/mol. The Morgan fingerprint density at radius 2 is 1.37 bits per heavy atom. The minimum atomic E-state index is -0.237. The maximum absolute atomic E-state index is 13.4. The van der Waals surface area contributed by atoms with Crippen molar-refractivity contribution < 1.29 is 9.90 Å². The summed E-state index contributed by atoms with van der Waals surface area (Å²) in [5.74, 6) is 0.378. The smallest absolute Gasteiger partial charge is 0.190 e. The molecule has 1 aliphatic rings. The SMILES string of the molecule is CC(C)(C)C1=Cc2cc(C(C)(C)C)c(O)c3cc(C(C)(C)C)cc(c23)C1=O. The summed E-state index contributed by atoms with van der Waals surface area (Å²) in [4.78, 5) is 13.4. The molecule has 2 heteroatoms. The van der Waals surface area contributed by atoms with E-state index in [2.05, 4.69) is 74.4 Å². The standard InChI is InChI=1S/C25H32O2/c1-23(2,3)15-12-16-20-14(10-18(21(16)26)24(4,5)6)11-19(25(7,8)9)22(27)17(20)13-15/h10-13,26H,1-9H3. The number of carbonyl (C=O) groups excluding carboxylic acids is 1. The minimum absolute atomic E-state index is 0.0778. The summed E-state index contributed by atoms with van der Waals surface area (Å²) >= 11 is 0. The van der Waals surface area contributed by atoms with Crippen LogP contribution in [-0.2, 0) is 10.8 Å². The molecule has 0 fully saturated rings. The van der Waals surface area contributed by atoms with E-state index < -0.39 is 0 Å². The first-order valence-corrected chi connectivity index (χ1v) is 9.74. The Morgan fingerprint density at radius 1 is 0.778 bits per heavy atom. The highest BCUT2D eigenvalue weighted by Gasteiger charge is 2.33. The maximum Gasteiger partial charge on any atom is 0.190 e. The molecule has 3 rings (SSSR count). The van der Waals surface area contributed by atoms with Gasteiger partial charge in [-0.05, 0) is 51.6 Å². The highest BCUT2D eigenvalue weighted by atomic mass is 16.3. The molecule has 0 spiro atoms. The zero-order valence-electron chi connectivity index (χ0n) is 18.2. The van der Waals surface area contributed by atoms with Crippen LogP contribution in [0.5, 0.6) is 5.75 Å². The highest BCUT2D eigenvalue weighted by Crippen LogP contribution is 2.46. The Hall–Kier alpha value is -2.09. The number of benzene rings is 2. The lowest BCUT2D eigenvalue weighted by atomic mass is 9.73. The molecular formula is C25H32O2. The van der Waals surface area contributed by atoms with Crippen molar-refractivity contribution in [2.24, 2.45) is 5.41 Å². The van der Waals surface area contributed by atoms with Crippen molar-refractivity contribution in [3.8, 4) is 5.75 Å². The summed E-state index contributed by atoms with van der Waals surface area (Å²) in [6, 6.07) is 6.16. The normalized spacial score (nSPS) is 15.3. The van der Waals surface area contributed by atoms with E-state index in [1.54, 1.807) is 0 Å². The summed E-state index contributed by atoms with van der Waals surface area (Å²) in [7, 11) is 0. The molecule has 1 N–H and O–H groups in total. The number of rotatable bonds is 0. The van der Waals surface area contributed by atoms with Gasteiger partial charge < -0.3 is 5.11 Å². The molecule has 27 heavy (non-hydrogen) atoms. The molecule has 2 aromatic rings. The van der Waals surface area contributed by atoms with Gasteiger partial charge in [0.1, 0.15) is 5.75 Å². The first kappa shape index (κ1) is 19.7. The molecule has 0 bridgehead atoms. The lowest BCUT2D eigenvalue weighted by molar-refractivity contribution is 0.101. The van der Waals surface area contributed by atoms with Crippen LogP contribution in [0.4, 0.5) is 0 Å². The number of hydrogen-bond acceptors (Lipinski definition) is 2. The first-order valence-electron chi connectivity index (χ1n) is 9.74. The van der Waals surface area contributed by atoms with Gasteiger partial charge in [-0.3, -0.25) is 4.79 Å². The van der Waals surface area contributed by atoms with Gasteiger partial charge in [0.2, 0.25) is 0 Å². The van der Waals surface area contributed by atoms with Crippen LogP contribution in [-0.4, -0.2) is 10.9 Å². The van der Waals surface area contributed by atoms with Gasteiger partial charge in [0.15, 0.2) is 5.78 Å². The molecule has 2 nitrogen and oxygen atoms in total. The molecule has 2 aromatic carbocycles. The first-order chi connectivity index (χ1) is 12.1. The quantitative estimate of drug-likeness (QED) is 0.560. The van der Waals surface area contributed by atoms with Gasteiger partial charge in [-0.2, -0.15) is 0 Å². The Morgan fingerprint density at radius 3 is 1.85 bits per heavy atom. The van der Waals surface area contributed by atoms with Crippen LogP contribution in [0.2, 0.25) is 0 Å². The third kappa shape index (κ3) is 3.20. The monoisotopic (exact) mass is 364 g/mol. The van der Waals surface area contributed by atoms with E-state index in [0.717, 1.165) is 38.6 Å². The van der Waals surface area contributed by atoms with Crippen LogP contribution in [0.25, 0.3) is 16.8 Å². The number of phenols is 1. The van der Waals surface area contributed by atoms with E-state index in [0.29, 0.717) is 5.75 Å². The van der Waals surface area contributed by atoms with Gasteiger partial charge in [-0.25, -0.2) is 0 Å². The molecule has 0 unspecified atom stereocenters. The van der Waals surface area contributed by atoms with Gasteiger partial charge in [-0.1, -0.05) is 62.3 Å². The zero-order chi connectivity index (χ0) is 20.5. The molecule has 0 atom stereocenters. The number of hydrogen-bond donors (Lipinski definition) is 1. The molecule has 0 aliphatic heterocycles. The highest BCUT2D eigenvalue weighted by molar-refractivity contribution is 6.24. The van der Waals surface area contributed by atoms with Crippen molar-refractivity contribution in [3.05, 3.63) is 46.0 Å². The molecule has 0 saturated carbocycles. The third-order valence-electron chi connectivity index (χ3n) is 5.51. The molecule has 1 aliphatic carbocycles. The number of ketones is 1. The Bertz CT molecular complexity index is 984. The van der Waals surface area contributed by atoms with E-state index in [4.69, 9.17) is 0 Å². The van der Waals surface area contributed by atoms with Crippen LogP contribution in [0.1, 0.15) is 89.4 Å². The van der Waals surface area contributed by atoms with Crippen molar-refractivity contribution in [1.82, 2.24) is 0 Å². The third-order valence-corrected chi connectivity index (χ3v) is 5.51. The molecular weight excluding hydrogens is 332 g/mol. The Labute approximate surface area is 163 Å².